The molecule has 0 fully saturated rings. The van der Waals surface area contributed by atoms with Crippen molar-refractivity contribution in [3.63, 3.8) is 0 Å². The maximum Gasteiger partial charge on any atom is 0.234 e. The van der Waals surface area contributed by atoms with E-state index in [2.05, 4.69) is 21.6 Å². The number of methoxy groups -OCH3 is 1. The first kappa shape index (κ1) is 19.3. The van der Waals surface area contributed by atoms with Gasteiger partial charge >= 0.3 is 0 Å². The summed E-state index contributed by atoms with van der Waals surface area (Å²) in [5, 5.41) is 12.4. The fraction of sp³-hybridized carbons (Fsp3) is 0.211. The molecule has 0 saturated heterocycles. The molecule has 1 amide bonds. The average Bonchev–Trinajstić information content (AvgIpc) is 3.01. The van der Waals surface area contributed by atoms with Crippen molar-refractivity contribution in [1.29, 1.82) is 0 Å². The van der Waals surface area contributed by atoms with E-state index >= 15 is 0 Å². The Morgan fingerprint density at radius 1 is 1.26 bits per heavy atom. The van der Waals surface area contributed by atoms with Gasteiger partial charge in [0.15, 0.2) is 11.0 Å². The van der Waals surface area contributed by atoms with Crippen LogP contribution in [0.3, 0.4) is 0 Å². The molecule has 8 heteroatoms. The van der Waals surface area contributed by atoms with Gasteiger partial charge in [-0.05, 0) is 31.2 Å². The zero-order valence-corrected chi connectivity index (χ0v) is 16.8. The zero-order chi connectivity index (χ0) is 19.4. The van der Waals surface area contributed by atoms with E-state index in [1.165, 1.54) is 11.8 Å². The number of halogens is 1. The van der Waals surface area contributed by atoms with Gasteiger partial charge in [-0.15, -0.1) is 10.2 Å². The second-order valence-corrected chi connectivity index (χ2v) is 7.27. The predicted octanol–water partition coefficient (Wildman–Crippen LogP) is 4.18. The van der Waals surface area contributed by atoms with Crippen molar-refractivity contribution < 1.29 is 9.53 Å². The number of nitrogens with zero attached hydrogens (tertiary/aromatic N) is 3. The molecule has 0 aliphatic carbocycles. The normalized spacial score (nSPS) is 10.7. The van der Waals surface area contributed by atoms with Crippen LogP contribution in [0.5, 0.6) is 5.75 Å². The van der Waals surface area contributed by atoms with Crippen molar-refractivity contribution in [2.45, 2.75) is 12.1 Å². The molecule has 3 rings (SSSR count). The predicted molar refractivity (Wildman–Crippen MR) is 109 cm³/mol. The quantitative estimate of drug-likeness (QED) is 0.626. The van der Waals surface area contributed by atoms with Crippen LogP contribution in [0.2, 0.25) is 5.02 Å². The number of aryl methyl sites for hydroxylation is 1. The van der Waals surface area contributed by atoms with Crippen molar-refractivity contribution >= 4 is 35.0 Å². The molecule has 0 aliphatic heterocycles. The van der Waals surface area contributed by atoms with Crippen LogP contribution in [0.4, 0.5) is 5.69 Å². The maximum absolute atomic E-state index is 12.2. The monoisotopic (exact) mass is 402 g/mol. The van der Waals surface area contributed by atoms with Crippen LogP contribution in [0, 0.1) is 6.92 Å². The lowest BCUT2D eigenvalue weighted by Crippen LogP contribution is -2.14. The number of carbonyl (C=O) groups excluding carboxylic acids is 1. The Morgan fingerprint density at radius 3 is 2.78 bits per heavy atom. The molecule has 140 valence electrons. The molecule has 0 saturated carbocycles. The van der Waals surface area contributed by atoms with Crippen molar-refractivity contribution in [1.82, 2.24) is 14.8 Å². The Kier molecular flexibility index (Phi) is 6.03. The first-order chi connectivity index (χ1) is 13.0. The van der Waals surface area contributed by atoms with E-state index in [4.69, 9.17) is 16.3 Å². The van der Waals surface area contributed by atoms with Crippen molar-refractivity contribution in [2.75, 3.05) is 18.2 Å². The number of nitrogens with one attached hydrogen (secondary N) is 1. The van der Waals surface area contributed by atoms with E-state index in [1.807, 2.05) is 36.7 Å². The lowest BCUT2D eigenvalue weighted by molar-refractivity contribution is -0.113. The van der Waals surface area contributed by atoms with Gasteiger partial charge in [0.1, 0.15) is 5.75 Å². The van der Waals surface area contributed by atoms with E-state index in [9.17, 15) is 4.79 Å². The molecule has 0 unspecified atom stereocenters. The molecule has 0 radical (unpaired) electrons. The molecule has 6 nitrogen and oxygen atoms in total. The molecule has 0 bridgehead atoms. The summed E-state index contributed by atoms with van der Waals surface area (Å²) < 4.78 is 6.99. The van der Waals surface area contributed by atoms with Gasteiger partial charge in [-0.3, -0.25) is 4.79 Å². The molecule has 1 N–H and O–H groups in total. The number of ether oxygens (including phenoxy) is 1. The minimum Gasteiger partial charge on any atom is -0.495 e. The Labute approximate surface area is 166 Å². The Morgan fingerprint density at radius 2 is 2.07 bits per heavy atom. The highest BCUT2D eigenvalue weighted by atomic mass is 35.5. The van der Waals surface area contributed by atoms with Gasteiger partial charge < -0.3 is 14.6 Å². The largest absolute Gasteiger partial charge is 0.495 e. The summed E-state index contributed by atoms with van der Waals surface area (Å²) in [6.07, 6.45) is 0. The van der Waals surface area contributed by atoms with Crippen LogP contribution in [0.1, 0.15) is 5.56 Å². The second kappa shape index (κ2) is 8.45. The Bertz CT molecular complexity index is 974. The van der Waals surface area contributed by atoms with E-state index < -0.39 is 0 Å². The van der Waals surface area contributed by atoms with Crippen molar-refractivity contribution in [3.05, 3.63) is 53.1 Å². The lowest BCUT2D eigenvalue weighted by atomic mass is 10.1. The summed E-state index contributed by atoms with van der Waals surface area (Å²) in [5.74, 6) is 1.39. The van der Waals surface area contributed by atoms with Crippen molar-refractivity contribution in [2.24, 2.45) is 7.05 Å². The summed E-state index contributed by atoms with van der Waals surface area (Å²) in [5.41, 5.74) is 2.77. The first-order valence-corrected chi connectivity index (χ1v) is 9.57. The smallest absolute Gasteiger partial charge is 0.234 e. The van der Waals surface area contributed by atoms with Crippen LogP contribution in [-0.4, -0.2) is 33.5 Å². The summed E-state index contributed by atoms with van der Waals surface area (Å²) in [6, 6.07) is 13.2. The number of anilines is 1. The Hall–Kier alpha value is -2.51. The molecular formula is C19H19ClN4O2S. The SMILES string of the molecule is COc1ccc(NC(=O)CSc2nnc(-c3cccc(C)c3)n2C)cc1Cl. The second-order valence-electron chi connectivity index (χ2n) is 5.92. The van der Waals surface area contributed by atoms with Crippen LogP contribution < -0.4 is 10.1 Å². The van der Waals surface area contributed by atoms with Crippen LogP contribution in [-0.2, 0) is 11.8 Å². The highest BCUT2D eigenvalue weighted by molar-refractivity contribution is 7.99. The summed E-state index contributed by atoms with van der Waals surface area (Å²) >= 11 is 7.40. The van der Waals surface area contributed by atoms with E-state index in [0.717, 1.165) is 17.0 Å². The number of hydrogen-bond acceptors (Lipinski definition) is 5. The number of amides is 1. The molecule has 27 heavy (non-hydrogen) atoms. The number of benzene rings is 2. The topological polar surface area (TPSA) is 69.0 Å². The number of aromatic nitrogens is 3. The van der Waals surface area contributed by atoms with Crippen LogP contribution >= 0.6 is 23.4 Å². The average molecular weight is 403 g/mol. The van der Waals surface area contributed by atoms with E-state index in [0.29, 0.717) is 21.6 Å². The lowest BCUT2D eigenvalue weighted by Gasteiger charge is -2.08. The highest BCUT2D eigenvalue weighted by Crippen LogP contribution is 2.28. The van der Waals surface area contributed by atoms with Gasteiger partial charge in [-0.2, -0.15) is 0 Å². The molecular weight excluding hydrogens is 384 g/mol. The third kappa shape index (κ3) is 4.61. The minimum atomic E-state index is -0.152. The standard InChI is InChI=1S/C19H19ClN4O2S/c1-12-5-4-6-13(9-12)18-22-23-19(24(18)2)27-11-17(25)21-14-7-8-16(26-3)15(20)10-14/h4-10H,11H2,1-3H3,(H,21,25). The molecule has 1 heterocycles. The molecule has 0 aliphatic rings. The molecule has 2 aromatic carbocycles. The number of thioether (sulfide) groups is 1. The molecule has 1 aromatic heterocycles. The Balaban J connectivity index is 1.63. The van der Waals surface area contributed by atoms with Gasteiger partial charge in [-0.1, -0.05) is 47.1 Å². The maximum atomic E-state index is 12.2. The molecule has 3 aromatic rings. The van der Waals surface area contributed by atoms with E-state index in [1.54, 1.807) is 25.3 Å². The number of rotatable bonds is 6. The van der Waals surface area contributed by atoms with Gasteiger partial charge in [0.25, 0.3) is 0 Å². The summed E-state index contributed by atoms with van der Waals surface area (Å²) in [6.45, 7) is 2.03. The van der Waals surface area contributed by atoms with Crippen LogP contribution in [0.25, 0.3) is 11.4 Å². The summed E-state index contributed by atoms with van der Waals surface area (Å²) in [7, 11) is 3.43. The first-order valence-electron chi connectivity index (χ1n) is 8.20. The van der Waals surface area contributed by atoms with Crippen molar-refractivity contribution in [3.8, 4) is 17.1 Å². The van der Waals surface area contributed by atoms with Gasteiger partial charge in [0, 0.05) is 18.3 Å². The zero-order valence-electron chi connectivity index (χ0n) is 15.2. The van der Waals surface area contributed by atoms with Crippen LogP contribution in [0.15, 0.2) is 47.6 Å². The number of carbonyl (C=O) groups is 1. The van der Waals surface area contributed by atoms with Gasteiger partial charge in [0.05, 0.1) is 17.9 Å². The molecule has 0 atom stereocenters. The number of hydrogen-bond donors (Lipinski definition) is 1. The molecule has 0 spiro atoms. The van der Waals surface area contributed by atoms with Gasteiger partial charge in [0.2, 0.25) is 5.91 Å². The highest BCUT2D eigenvalue weighted by Gasteiger charge is 2.13. The van der Waals surface area contributed by atoms with E-state index in [-0.39, 0.29) is 11.7 Å². The fourth-order valence-electron chi connectivity index (χ4n) is 2.55. The third-order valence-corrected chi connectivity index (χ3v) is 5.19. The van der Waals surface area contributed by atoms with Gasteiger partial charge in [-0.25, -0.2) is 0 Å². The fourth-order valence-corrected chi connectivity index (χ4v) is 3.52. The minimum absolute atomic E-state index is 0.152. The third-order valence-electron chi connectivity index (χ3n) is 3.88. The summed E-state index contributed by atoms with van der Waals surface area (Å²) in [4.78, 5) is 12.2.